The number of ether oxygens (including phenoxy) is 2. The Balaban J connectivity index is 1.91. The Morgan fingerprint density at radius 2 is 2.15 bits per heavy atom. The van der Waals surface area contributed by atoms with Crippen LogP contribution in [0.25, 0.3) is 0 Å². The van der Waals surface area contributed by atoms with E-state index in [0.29, 0.717) is 19.2 Å². The molecule has 2 rings (SSSR count). The number of alkyl halides is 1. The molecular formula is C14H25IN2O3. The van der Waals surface area contributed by atoms with Gasteiger partial charge < -0.3 is 14.4 Å². The number of piperazine rings is 1. The van der Waals surface area contributed by atoms with Crippen LogP contribution in [0.5, 0.6) is 0 Å². The molecule has 1 amide bonds. The first-order valence-electron chi connectivity index (χ1n) is 7.14. The van der Waals surface area contributed by atoms with Crippen molar-refractivity contribution in [1.82, 2.24) is 9.80 Å². The van der Waals surface area contributed by atoms with Crippen molar-refractivity contribution < 1.29 is 14.3 Å². The van der Waals surface area contributed by atoms with Crippen molar-refractivity contribution in [2.45, 2.75) is 44.9 Å². The zero-order valence-corrected chi connectivity index (χ0v) is 15.0. The highest BCUT2D eigenvalue weighted by molar-refractivity contribution is 14.1. The van der Waals surface area contributed by atoms with Crippen LogP contribution in [0.3, 0.4) is 0 Å². The summed E-state index contributed by atoms with van der Waals surface area (Å²) < 4.78 is 12.4. The summed E-state index contributed by atoms with van der Waals surface area (Å²) in [6, 6.07) is 0.298. The lowest BCUT2D eigenvalue weighted by atomic mass is 10.0. The fraction of sp³-hybridized carbons (Fsp3) is 0.929. The van der Waals surface area contributed by atoms with E-state index in [-0.39, 0.29) is 11.7 Å². The molecule has 2 heterocycles. The third-order valence-corrected chi connectivity index (χ3v) is 5.31. The van der Waals surface area contributed by atoms with Gasteiger partial charge in [0.25, 0.3) is 0 Å². The average molecular weight is 396 g/mol. The molecule has 0 aliphatic carbocycles. The van der Waals surface area contributed by atoms with E-state index in [9.17, 15) is 4.79 Å². The van der Waals surface area contributed by atoms with Gasteiger partial charge in [-0.3, -0.25) is 4.90 Å². The second-order valence-electron chi connectivity index (χ2n) is 6.95. The number of fused-ring (bicyclic) bond motifs is 1. The van der Waals surface area contributed by atoms with Crippen molar-refractivity contribution in [3.63, 3.8) is 0 Å². The van der Waals surface area contributed by atoms with Gasteiger partial charge in [0.05, 0.1) is 18.2 Å². The summed E-state index contributed by atoms with van der Waals surface area (Å²) >= 11 is 2.38. The van der Waals surface area contributed by atoms with E-state index >= 15 is 0 Å². The molecule has 2 fully saturated rings. The lowest BCUT2D eigenvalue weighted by molar-refractivity contribution is -0.127. The first-order chi connectivity index (χ1) is 9.22. The van der Waals surface area contributed by atoms with Gasteiger partial charge in [0.1, 0.15) is 5.60 Å². The van der Waals surface area contributed by atoms with Crippen LogP contribution in [-0.4, -0.2) is 70.4 Å². The predicted molar refractivity (Wildman–Crippen MR) is 86.4 cm³/mol. The van der Waals surface area contributed by atoms with Gasteiger partial charge in [-0.25, -0.2) is 4.79 Å². The van der Waals surface area contributed by atoms with Crippen molar-refractivity contribution in [3.05, 3.63) is 0 Å². The third-order valence-electron chi connectivity index (χ3n) is 3.70. The van der Waals surface area contributed by atoms with E-state index in [2.05, 4.69) is 34.4 Å². The van der Waals surface area contributed by atoms with E-state index in [4.69, 9.17) is 9.47 Å². The molecule has 0 aromatic rings. The van der Waals surface area contributed by atoms with Gasteiger partial charge in [0.15, 0.2) is 0 Å². The van der Waals surface area contributed by atoms with Crippen LogP contribution >= 0.6 is 22.6 Å². The number of carbonyl (C=O) groups excluding carboxylic acids is 1. The van der Waals surface area contributed by atoms with E-state index < -0.39 is 5.60 Å². The fourth-order valence-corrected chi connectivity index (χ4v) is 3.07. The van der Waals surface area contributed by atoms with Crippen molar-refractivity contribution in [2.75, 3.05) is 37.2 Å². The summed E-state index contributed by atoms with van der Waals surface area (Å²) in [5.74, 6) is 0. The molecule has 2 saturated heterocycles. The molecule has 0 spiro atoms. The van der Waals surface area contributed by atoms with Gasteiger partial charge in [-0.05, 0) is 27.7 Å². The zero-order valence-electron chi connectivity index (χ0n) is 12.8. The quantitative estimate of drug-likeness (QED) is 0.503. The minimum Gasteiger partial charge on any atom is -0.444 e. The largest absolute Gasteiger partial charge is 0.444 e. The Bertz CT molecular complexity index is 372. The van der Waals surface area contributed by atoms with Gasteiger partial charge in [0, 0.05) is 30.6 Å². The summed E-state index contributed by atoms with van der Waals surface area (Å²) in [6.07, 6.45) is -0.209. The Hall–Kier alpha value is -0.0800. The van der Waals surface area contributed by atoms with Gasteiger partial charge in [0.2, 0.25) is 0 Å². The molecule has 2 aliphatic heterocycles. The number of hydrogen-bond acceptors (Lipinski definition) is 4. The van der Waals surface area contributed by atoms with Gasteiger partial charge in [-0.1, -0.05) is 22.6 Å². The van der Waals surface area contributed by atoms with Crippen LogP contribution in [0.2, 0.25) is 0 Å². The summed E-state index contributed by atoms with van der Waals surface area (Å²) in [5.41, 5.74) is -0.484. The zero-order chi connectivity index (χ0) is 15.0. The molecule has 116 valence electrons. The molecule has 6 heteroatoms. The Kier molecular flexibility index (Phi) is 4.86. The Morgan fingerprint density at radius 3 is 2.75 bits per heavy atom. The van der Waals surface area contributed by atoms with Crippen molar-refractivity contribution in [1.29, 1.82) is 0 Å². The number of amides is 1. The van der Waals surface area contributed by atoms with Crippen LogP contribution in [0.4, 0.5) is 4.79 Å². The molecule has 0 bridgehead atoms. The van der Waals surface area contributed by atoms with Gasteiger partial charge in [-0.2, -0.15) is 0 Å². The molecule has 2 atom stereocenters. The average Bonchev–Trinajstić information content (AvgIpc) is 2.36. The molecule has 0 saturated carbocycles. The Morgan fingerprint density at radius 1 is 1.45 bits per heavy atom. The van der Waals surface area contributed by atoms with Gasteiger partial charge in [-0.15, -0.1) is 0 Å². The maximum Gasteiger partial charge on any atom is 0.410 e. The fourth-order valence-electron chi connectivity index (χ4n) is 2.60. The SMILES string of the molecule is CC(C)(C)OC(=O)N1CCN2CC(C)(CI)OC[C@@H]2C1. The molecule has 0 N–H and O–H groups in total. The van der Waals surface area contributed by atoms with Gasteiger partial charge >= 0.3 is 6.09 Å². The second-order valence-corrected chi connectivity index (χ2v) is 7.71. The Labute approximate surface area is 135 Å². The second kappa shape index (κ2) is 5.96. The van der Waals surface area contributed by atoms with Crippen LogP contribution in [0, 0.1) is 0 Å². The van der Waals surface area contributed by atoms with Crippen LogP contribution < -0.4 is 0 Å². The lowest BCUT2D eigenvalue weighted by Gasteiger charge is -2.49. The molecule has 0 aromatic carbocycles. The summed E-state index contributed by atoms with van der Waals surface area (Å²) in [6.45, 7) is 11.8. The smallest absolute Gasteiger partial charge is 0.410 e. The predicted octanol–water partition coefficient (Wildman–Crippen LogP) is 2.13. The van der Waals surface area contributed by atoms with Crippen LogP contribution in [0.1, 0.15) is 27.7 Å². The van der Waals surface area contributed by atoms with Crippen molar-refractivity contribution in [2.24, 2.45) is 0 Å². The van der Waals surface area contributed by atoms with E-state index in [0.717, 1.165) is 24.1 Å². The first kappa shape index (κ1) is 16.3. The molecule has 0 aromatic heterocycles. The maximum atomic E-state index is 12.1. The van der Waals surface area contributed by atoms with Crippen molar-refractivity contribution >= 4 is 28.7 Å². The highest BCUT2D eigenvalue weighted by atomic mass is 127. The molecular weight excluding hydrogens is 371 g/mol. The van der Waals surface area contributed by atoms with Crippen molar-refractivity contribution in [3.8, 4) is 0 Å². The van der Waals surface area contributed by atoms with Crippen LogP contribution in [0.15, 0.2) is 0 Å². The molecule has 2 aliphatic rings. The summed E-state index contributed by atoms with van der Waals surface area (Å²) in [5, 5.41) is 0. The summed E-state index contributed by atoms with van der Waals surface area (Å²) in [7, 11) is 0. The normalized spacial score (nSPS) is 31.9. The topological polar surface area (TPSA) is 42.0 Å². The van der Waals surface area contributed by atoms with E-state index in [1.807, 2.05) is 25.7 Å². The number of morpholine rings is 1. The number of halogens is 1. The molecule has 1 unspecified atom stereocenters. The molecule has 5 nitrogen and oxygen atoms in total. The standard InChI is InChI=1S/C14H25IN2O3/c1-13(2,3)20-12(18)16-5-6-17-10-14(4,9-15)19-8-11(17)7-16/h11H,5-10H2,1-4H3/t11-,14?/m0/s1. The highest BCUT2D eigenvalue weighted by Gasteiger charge is 2.40. The third kappa shape index (κ3) is 3.98. The highest BCUT2D eigenvalue weighted by Crippen LogP contribution is 2.26. The number of hydrogen-bond donors (Lipinski definition) is 0. The van der Waals surface area contributed by atoms with E-state index in [1.54, 1.807) is 0 Å². The lowest BCUT2D eigenvalue weighted by Crippen LogP contribution is -2.64. The van der Waals surface area contributed by atoms with Crippen LogP contribution in [-0.2, 0) is 9.47 Å². The molecule has 20 heavy (non-hydrogen) atoms. The monoisotopic (exact) mass is 396 g/mol. The first-order valence-corrected chi connectivity index (χ1v) is 8.67. The number of rotatable bonds is 1. The molecule has 0 radical (unpaired) electrons. The number of nitrogens with zero attached hydrogens (tertiary/aromatic N) is 2. The maximum absolute atomic E-state index is 12.1. The minimum atomic E-state index is -0.433. The minimum absolute atomic E-state index is 0.0504. The number of carbonyl (C=O) groups is 1. The summed E-state index contributed by atoms with van der Waals surface area (Å²) in [4.78, 5) is 16.4. The van der Waals surface area contributed by atoms with E-state index in [1.165, 1.54) is 0 Å².